The normalized spacial score (nSPS) is 13.2. The molecule has 0 aliphatic heterocycles. The molecule has 5 heteroatoms. The van der Waals surface area contributed by atoms with Gasteiger partial charge in [0.1, 0.15) is 11.4 Å². The third kappa shape index (κ3) is 3.29. The number of hydrogen-bond acceptors (Lipinski definition) is 5. The molecule has 1 atom stereocenters. The van der Waals surface area contributed by atoms with Gasteiger partial charge in [-0.05, 0) is 38.5 Å². The standard InChI is InChI=1S/C15H20N2O2S/c1-10(11-6-5-7-12(8-11)18-4)19-15(2,3)13-9-20-14(16)17-13/h5-10H,1-4H3,(H2,16,17). The third-order valence-electron chi connectivity index (χ3n) is 3.17. The molecule has 108 valence electrons. The van der Waals surface area contributed by atoms with Crippen LogP contribution in [0.4, 0.5) is 5.13 Å². The number of nitrogen functional groups attached to an aromatic ring is 1. The van der Waals surface area contributed by atoms with Crippen LogP contribution in [0, 0.1) is 0 Å². The van der Waals surface area contributed by atoms with Gasteiger partial charge in [0.15, 0.2) is 5.13 Å². The van der Waals surface area contributed by atoms with Crippen LogP contribution in [0.25, 0.3) is 0 Å². The van der Waals surface area contributed by atoms with Gasteiger partial charge in [0.25, 0.3) is 0 Å². The first-order chi connectivity index (χ1) is 9.42. The van der Waals surface area contributed by atoms with Crippen LogP contribution in [-0.4, -0.2) is 12.1 Å². The van der Waals surface area contributed by atoms with Gasteiger partial charge in [0.05, 0.1) is 18.9 Å². The summed E-state index contributed by atoms with van der Waals surface area (Å²) in [6.45, 7) is 6.02. The molecule has 0 spiro atoms. The highest BCUT2D eigenvalue weighted by atomic mass is 32.1. The average Bonchev–Trinajstić information content (AvgIpc) is 2.86. The van der Waals surface area contributed by atoms with Crippen molar-refractivity contribution in [2.45, 2.75) is 32.5 Å². The zero-order chi connectivity index (χ0) is 14.8. The topological polar surface area (TPSA) is 57.4 Å². The molecule has 2 rings (SSSR count). The number of aromatic nitrogens is 1. The smallest absolute Gasteiger partial charge is 0.180 e. The molecule has 0 radical (unpaired) electrons. The maximum Gasteiger partial charge on any atom is 0.180 e. The lowest BCUT2D eigenvalue weighted by molar-refractivity contribution is -0.0725. The van der Waals surface area contributed by atoms with Crippen molar-refractivity contribution in [3.63, 3.8) is 0 Å². The summed E-state index contributed by atoms with van der Waals surface area (Å²) in [6, 6.07) is 7.89. The maximum absolute atomic E-state index is 6.16. The molecule has 0 saturated carbocycles. The molecular weight excluding hydrogens is 272 g/mol. The van der Waals surface area contributed by atoms with Gasteiger partial charge >= 0.3 is 0 Å². The molecule has 0 aliphatic rings. The van der Waals surface area contributed by atoms with Crippen LogP contribution in [0.5, 0.6) is 5.75 Å². The molecule has 0 amide bonds. The van der Waals surface area contributed by atoms with Gasteiger partial charge in [0.2, 0.25) is 0 Å². The van der Waals surface area contributed by atoms with Crippen molar-refractivity contribution in [2.75, 3.05) is 12.8 Å². The fourth-order valence-corrected chi connectivity index (χ4v) is 2.75. The zero-order valence-electron chi connectivity index (χ0n) is 12.2. The minimum atomic E-state index is -0.489. The van der Waals surface area contributed by atoms with Crippen LogP contribution >= 0.6 is 11.3 Å². The molecule has 2 aromatic rings. The van der Waals surface area contributed by atoms with E-state index in [2.05, 4.69) is 4.98 Å². The number of nitrogens with two attached hydrogens (primary N) is 1. The molecule has 1 heterocycles. The summed E-state index contributed by atoms with van der Waals surface area (Å²) in [4.78, 5) is 4.31. The Morgan fingerprint density at radius 1 is 1.35 bits per heavy atom. The highest BCUT2D eigenvalue weighted by molar-refractivity contribution is 7.13. The molecule has 1 aromatic heterocycles. The van der Waals surface area contributed by atoms with Gasteiger partial charge in [-0.1, -0.05) is 12.1 Å². The van der Waals surface area contributed by atoms with E-state index in [-0.39, 0.29) is 6.10 Å². The predicted octanol–water partition coefficient (Wildman–Crippen LogP) is 3.75. The first kappa shape index (κ1) is 14.8. The largest absolute Gasteiger partial charge is 0.497 e. The van der Waals surface area contributed by atoms with E-state index in [1.54, 1.807) is 7.11 Å². The van der Waals surface area contributed by atoms with E-state index in [9.17, 15) is 0 Å². The summed E-state index contributed by atoms with van der Waals surface area (Å²) < 4.78 is 11.4. The number of thiazole rings is 1. The minimum Gasteiger partial charge on any atom is -0.497 e. The second kappa shape index (κ2) is 5.81. The summed E-state index contributed by atoms with van der Waals surface area (Å²) in [7, 11) is 1.66. The van der Waals surface area contributed by atoms with Gasteiger partial charge in [-0.3, -0.25) is 0 Å². The van der Waals surface area contributed by atoms with E-state index >= 15 is 0 Å². The van der Waals surface area contributed by atoms with E-state index in [0.717, 1.165) is 17.0 Å². The van der Waals surface area contributed by atoms with Crippen molar-refractivity contribution in [3.8, 4) is 5.75 Å². The maximum atomic E-state index is 6.16. The van der Waals surface area contributed by atoms with Crippen LogP contribution < -0.4 is 10.5 Å². The van der Waals surface area contributed by atoms with Crippen molar-refractivity contribution >= 4 is 16.5 Å². The Hall–Kier alpha value is -1.59. The number of anilines is 1. The fraction of sp³-hybridized carbons (Fsp3) is 0.400. The first-order valence-corrected chi connectivity index (χ1v) is 7.33. The Kier molecular flexibility index (Phi) is 4.30. The average molecular weight is 292 g/mol. The van der Waals surface area contributed by atoms with Crippen LogP contribution in [0.15, 0.2) is 29.6 Å². The lowest BCUT2D eigenvalue weighted by Crippen LogP contribution is -2.24. The van der Waals surface area contributed by atoms with Crippen molar-refractivity contribution in [3.05, 3.63) is 40.9 Å². The summed E-state index contributed by atoms with van der Waals surface area (Å²) in [6.07, 6.45) is -0.0666. The number of ether oxygens (including phenoxy) is 2. The highest BCUT2D eigenvalue weighted by Crippen LogP contribution is 2.33. The zero-order valence-corrected chi connectivity index (χ0v) is 13.0. The monoisotopic (exact) mass is 292 g/mol. The Bertz CT molecular complexity index is 581. The summed E-state index contributed by atoms with van der Waals surface area (Å²) >= 11 is 1.43. The molecular formula is C15H20N2O2S. The lowest BCUT2D eigenvalue weighted by Gasteiger charge is -2.28. The molecule has 1 aromatic carbocycles. The second-order valence-electron chi connectivity index (χ2n) is 5.12. The molecule has 20 heavy (non-hydrogen) atoms. The lowest BCUT2D eigenvalue weighted by atomic mass is 10.0. The van der Waals surface area contributed by atoms with Crippen LogP contribution in [0.3, 0.4) is 0 Å². The highest BCUT2D eigenvalue weighted by Gasteiger charge is 2.27. The Morgan fingerprint density at radius 3 is 2.70 bits per heavy atom. The van der Waals surface area contributed by atoms with E-state index in [0.29, 0.717) is 5.13 Å². The predicted molar refractivity (Wildman–Crippen MR) is 82.0 cm³/mol. The van der Waals surface area contributed by atoms with Crippen LogP contribution in [0.1, 0.15) is 38.1 Å². The molecule has 0 aliphatic carbocycles. The van der Waals surface area contributed by atoms with Crippen molar-refractivity contribution < 1.29 is 9.47 Å². The molecule has 0 fully saturated rings. The molecule has 1 unspecified atom stereocenters. The van der Waals surface area contributed by atoms with Gasteiger partial charge in [-0.2, -0.15) is 0 Å². The number of nitrogens with zero attached hydrogens (tertiary/aromatic N) is 1. The third-order valence-corrected chi connectivity index (χ3v) is 3.85. The van der Waals surface area contributed by atoms with Crippen molar-refractivity contribution in [2.24, 2.45) is 0 Å². The van der Waals surface area contributed by atoms with Crippen molar-refractivity contribution in [1.82, 2.24) is 4.98 Å². The van der Waals surface area contributed by atoms with Gasteiger partial charge in [-0.25, -0.2) is 4.98 Å². The van der Waals surface area contributed by atoms with E-state index < -0.39 is 5.60 Å². The molecule has 4 nitrogen and oxygen atoms in total. The van der Waals surface area contributed by atoms with Crippen LogP contribution in [-0.2, 0) is 10.3 Å². The fourth-order valence-electron chi connectivity index (χ4n) is 2.03. The van der Waals surface area contributed by atoms with E-state index in [1.807, 2.05) is 50.4 Å². The number of methoxy groups -OCH3 is 1. The molecule has 0 saturated heterocycles. The minimum absolute atomic E-state index is 0.0666. The number of benzene rings is 1. The van der Waals surface area contributed by atoms with Crippen LogP contribution in [0.2, 0.25) is 0 Å². The first-order valence-electron chi connectivity index (χ1n) is 6.45. The Morgan fingerprint density at radius 2 is 2.10 bits per heavy atom. The second-order valence-corrected chi connectivity index (χ2v) is 6.01. The van der Waals surface area contributed by atoms with Gasteiger partial charge in [-0.15, -0.1) is 11.3 Å². The summed E-state index contributed by atoms with van der Waals surface area (Å²) in [5.74, 6) is 0.827. The SMILES string of the molecule is COc1cccc(C(C)OC(C)(C)c2csc(N)n2)c1. The summed E-state index contributed by atoms with van der Waals surface area (Å²) in [5, 5.41) is 2.50. The summed E-state index contributed by atoms with van der Waals surface area (Å²) in [5.41, 5.74) is 7.13. The molecule has 2 N–H and O–H groups in total. The van der Waals surface area contributed by atoms with Crippen molar-refractivity contribution in [1.29, 1.82) is 0 Å². The molecule has 0 bridgehead atoms. The Balaban J connectivity index is 2.15. The van der Waals surface area contributed by atoms with E-state index in [4.69, 9.17) is 15.2 Å². The Labute approximate surface area is 123 Å². The van der Waals surface area contributed by atoms with E-state index in [1.165, 1.54) is 11.3 Å². The van der Waals surface area contributed by atoms with Gasteiger partial charge < -0.3 is 15.2 Å². The quantitative estimate of drug-likeness (QED) is 0.912. The number of rotatable bonds is 5. The number of hydrogen-bond donors (Lipinski definition) is 1. The van der Waals surface area contributed by atoms with Gasteiger partial charge in [0, 0.05) is 5.38 Å².